The molecule has 1 aromatic carbocycles. The maximum atomic E-state index is 4.60. The number of aliphatic imine (C=N–C) groups is 1. The summed E-state index contributed by atoms with van der Waals surface area (Å²) in [5, 5.41) is 6.84. The van der Waals surface area contributed by atoms with Gasteiger partial charge >= 0.3 is 0 Å². The minimum Gasteiger partial charge on any atom is -0.355 e. The Hall–Kier alpha value is -2.30. The molecule has 0 saturated carbocycles. The van der Waals surface area contributed by atoms with E-state index in [0.29, 0.717) is 6.04 Å². The number of fused-ring (bicyclic) bond motifs is 1. The van der Waals surface area contributed by atoms with Crippen molar-refractivity contribution >= 4 is 17.0 Å². The first-order valence-electron chi connectivity index (χ1n) is 7.82. The largest absolute Gasteiger partial charge is 0.355 e. The van der Waals surface area contributed by atoms with Gasteiger partial charge in [-0.3, -0.25) is 4.99 Å². The van der Waals surface area contributed by atoms with Crippen molar-refractivity contribution in [1.29, 1.82) is 0 Å². The summed E-state index contributed by atoms with van der Waals surface area (Å²) in [4.78, 5) is 8.89. The first-order valence-corrected chi connectivity index (χ1v) is 7.82. The molecule has 1 aliphatic rings. The maximum absolute atomic E-state index is 4.60. The zero-order chi connectivity index (χ0) is 15.4. The van der Waals surface area contributed by atoms with Crippen LogP contribution in [0.2, 0.25) is 0 Å². The number of imidazole rings is 1. The van der Waals surface area contributed by atoms with E-state index < -0.39 is 0 Å². The van der Waals surface area contributed by atoms with Crippen LogP contribution in [-0.4, -0.2) is 35.1 Å². The van der Waals surface area contributed by atoms with E-state index in [1.54, 1.807) is 0 Å². The van der Waals surface area contributed by atoms with Gasteiger partial charge in [0, 0.05) is 26.2 Å². The predicted molar refractivity (Wildman–Crippen MR) is 91.1 cm³/mol. The third-order valence-corrected chi connectivity index (χ3v) is 4.05. The number of para-hydroxylation sites is 2. The second-order valence-electron chi connectivity index (χ2n) is 5.58. The molecule has 1 aromatic heterocycles. The van der Waals surface area contributed by atoms with Crippen LogP contribution < -0.4 is 10.6 Å². The van der Waals surface area contributed by atoms with Crippen LogP contribution in [-0.2, 0) is 6.54 Å². The van der Waals surface area contributed by atoms with Gasteiger partial charge in [0.1, 0.15) is 5.82 Å². The van der Waals surface area contributed by atoms with E-state index >= 15 is 0 Å². The summed E-state index contributed by atoms with van der Waals surface area (Å²) in [5.74, 6) is 1.92. The fourth-order valence-electron chi connectivity index (χ4n) is 2.89. The third kappa shape index (κ3) is 3.13. The second kappa shape index (κ2) is 6.64. The van der Waals surface area contributed by atoms with E-state index in [1.807, 2.05) is 13.1 Å². The average molecular weight is 297 g/mol. The van der Waals surface area contributed by atoms with Gasteiger partial charge in [-0.05, 0) is 31.9 Å². The number of aromatic nitrogens is 2. The number of nitrogens with zero attached hydrogens (tertiary/aromatic N) is 3. The molecule has 0 bridgehead atoms. The van der Waals surface area contributed by atoms with Crippen molar-refractivity contribution in [1.82, 2.24) is 20.2 Å². The van der Waals surface area contributed by atoms with Crippen molar-refractivity contribution in [2.45, 2.75) is 32.4 Å². The van der Waals surface area contributed by atoms with E-state index in [9.17, 15) is 0 Å². The van der Waals surface area contributed by atoms with Gasteiger partial charge in [0.25, 0.3) is 0 Å². The van der Waals surface area contributed by atoms with E-state index in [1.165, 1.54) is 5.52 Å². The number of hydrogen-bond donors (Lipinski definition) is 2. The van der Waals surface area contributed by atoms with E-state index in [-0.39, 0.29) is 0 Å². The molecule has 1 heterocycles. The number of rotatable bonds is 4. The number of nitrogens with one attached hydrogen (secondary N) is 2. The highest BCUT2D eigenvalue weighted by molar-refractivity contribution is 5.80. The lowest BCUT2D eigenvalue weighted by molar-refractivity contribution is 0.615. The van der Waals surface area contributed by atoms with Gasteiger partial charge in [0.15, 0.2) is 5.96 Å². The zero-order valence-electron chi connectivity index (χ0n) is 13.2. The van der Waals surface area contributed by atoms with E-state index in [2.05, 4.69) is 62.5 Å². The standard InChI is InChI=1S/C17H23N5/c1-13-20-15-9-5-6-10-16(15)22(13)12-11-19-17(18-2)21-14-7-3-4-8-14/h3-6,9-10,14H,7-8,11-12H2,1-2H3,(H2,18,19,21). The van der Waals surface area contributed by atoms with Crippen LogP contribution >= 0.6 is 0 Å². The summed E-state index contributed by atoms with van der Waals surface area (Å²) in [7, 11) is 1.82. The van der Waals surface area contributed by atoms with Crippen LogP contribution in [0.15, 0.2) is 41.4 Å². The van der Waals surface area contributed by atoms with E-state index in [0.717, 1.165) is 43.2 Å². The Bertz CT molecular complexity index is 690. The lowest BCUT2D eigenvalue weighted by Crippen LogP contribution is -2.43. The summed E-state index contributed by atoms with van der Waals surface area (Å²) in [6.07, 6.45) is 6.58. The Morgan fingerprint density at radius 1 is 1.32 bits per heavy atom. The highest BCUT2D eigenvalue weighted by Crippen LogP contribution is 2.14. The molecule has 0 spiro atoms. The molecular weight excluding hydrogens is 274 g/mol. The smallest absolute Gasteiger partial charge is 0.191 e. The van der Waals surface area contributed by atoms with Gasteiger partial charge in [-0.2, -0.15) is 0 Å². The zero-order valence-corrected chi connectivity index (χ0v) is 13.2. The van der Waals surface area contributed by atoms with Gasteiger partial charge in [0.2, 0.25) is 0 Å². The SMILES string of the molecule is CN=C(NCCn1c(C)nc2ccccc21)NC1CC=CC1. The van der Waals surface area contributed by atoms with Crippen molar-refractivity contribution in [2.75, 3.05) is 13.6 Å². The Kier molecular flexibility index (Phi) is 4.42. The van der Waals surface area contributed by atoms with Crippen LogP contribution in [0.3, 0.4) is 0 Å². The van der Waals surface area contributed by atoms with Crippen molar-refractivity contribution in [3.8, 4) is 0 Å². The predicted octanol–water partition coefficient (Wildman–Crippen LogP) is 2.23. The lowest BCUT2D eigenvalue weighted by atomic mass is 10.2. The Morgan fingerprint density at radius 3 is 2.86 bits per heavy atom. The normalized spacial score (nSPS) is 15.6. The highest BCUT2D eigenvalue weighted by atomic mass is 15.2. The quantitative estimate of drug-likeness (QED) is 0.517. The molecule has 22 heavy (non-hydrogen) atoms. The fourth-order valence-corrected chi connectivity index (χ4v) is 2.89. The van der Waals surface area contributed by atoms with Crippen molar-refractivity contribution in [3.63, 3.8) is 0 Å². The van der Waals surface area contributed by atoms with Gasteiger partial charge in [-0.15, -0.1) is 0 Å². The molecule has 0 saturated heterocycles. The van der Waals surface area contributed by atoms with Crippen LogP contribution in [0.5, 0.6) is 0 Å². The van der Waals surface area contributed by atoms with Gasteiger partial charge in [-0.25, -0.2) is 4.98 Å². The van der Waals surface area contributed by atoms with Crippen molar-refractivity contribution in [3.05, 3.63) is 42.2 Å². The molecule has 0 fully saturated rings. The van der Waals surface area contributed by atoms with Gasteiger partial charge in [-0.1, -0.05) is 24.3 Å². The van der Waals surface area contributed by atoms with Crippen molar-refractivity contribution < 1.29 is 0 Å². The minimum absolute atomic E-state index is 0.474. The molecule has 3 rings (SSSR count). The Balaban J connectivity index is 1.58. The van der Waals surface area contributed by atoms with Crippen molar-refractivity contribution in [2.24, 2.45) is 4.99 Å². The first-order chi connectivity index (χ1) is 10.8. The third-order valence-electron chi connectivity index (χ3n) is 4.05. The molecular formula is C17H23N5. The molecule has 0 amide bonds. The number of benzene rings is 1. The summed E-state index contributed by atoms with van der Waals surface area (Å²) in [5.41, 5.74) is 2.24. The molecule has 116 valence electrons. The molecule has 5 nitrogen and oxygen atoms in total. The monoisotopic (exact) mass is 297 g/mol. The summed E-state index contributed by atoms with van der Waals surface area (Å²) in [6, 6.07) is 8.73. The molecule has 5 heteroatoms. The van der Waals surface area contributed by atoms with Crippen LogP contribution in [0.1, 0.15) is 18.7 Å². The highest BCUT2D eigenvalue weighted by Gasteiger charge is 2.11. The van der Waals surface area contributed by atoms with Crippen LogP contribution in [0.25, 0.3) is 11.0 Å². The molecule has 0 aliphatic heterocycles. The van der Waals surface area contributed by atoms with Crippen LogP contribution in [0.4, 0.5) is 0 Å². The molecule has 0 radical (unpaired) electrons. The average Bonchev–Trinajstić information content (AvgIpc) is 3.14. The molecule has 1 aliphatic carbocycles. The topological polar surface area (TPSA) is 54.2 Å². The second-order valence-corrected chi connectivity index (χ2v) is 5.58. The Labute approximate surface area is 131 Å². The summed E-state index contributed by atoms with van der Waals surface area (Å²) in [6.45, 7) is 3.74. The van der Waals surface area contributed by atoms with E-state index in [4.69, 9.17) is 0 Å². The lowest BCUT2D eigenvalue weighted by Gasteiger charge is -2.17. The molecule has 0 atom stereocenters. The number of hydrogen-bond acceptors (Lipinski definition) is 2. The summed E-state index contributed by atoms with van der Waals surface area (Å²) < 4.78 is 2.24. The fraction of sp³-hybridized carbons (Fsp3) is 0.412. The number of aryl methyl sites for hydroxylation is 1. The van der Waals surface area contributed by atoms with Gasteiger partial charge < -0.3 is 15.2 Å². The maximum Gasteiger partial charge on any atom is 0.191 e. The first kappa shape index (κ1) is 14.6. The number of guanidine groups is 1. The minimum atomic E-state index is 0.474. The van der Waals surface area contributed by atoms with Gasteiger partial charge in [0.05, 0.1) is 11.0 Å². The summed E-state index contributed by atoms with van der Waals surface area (Å²) >= 11 is 0. The molecule has 0 unspecified atom stereocenters. The van der Waals surface area contributed by atoms with Crippen LogP contribution in [0, 0.1) is 6.92 Å². The molecule has 2 N–H and O–H groups in total. The Morgan fingerprint density at radius 2 is 2.09 bits per heavy atom. The molecule has 2 aromatic rings.